The molecule has 1 aromatic heterocycles. The molecule has 0 spiro atoms. The van der Waals surface area contributed by atoms with Crippen LogP contribution in [0.15, 0.2) is 59.5 Å². The Morgan fingerprint density at radius 1 is 1.16 bits per heavy atom. The summed E-state index contributed by atoms with van der Waals surface area (Å²) in [5.41, 5.74) is 5.14. The van der Waals surface area contributed by atoms with E-state index in [0.717, 1.165) is 42.1 Å². The Balaban J connectivity index is 1.36. The molecule has 0 aliphatic carbocycles. The quantitative estimate of drug-likeness (QED) is 0.521. The third kappa shape index (κ3) is 4.86. The molecular formula is C25H30N4OS. The molecule has 1 N–H and O–H groups in total. The molecule has 0 saturated carbocycles. The van der Waals surface area contributed by atoms with Crippen molar-refractivity contribution in [2.75, 3.05) is 13.1 Å². The van der Waals surface area contributed by atoms with Crippen molar-refractivity contribution in [1.82, 2.24) is 20.0 Å². The van der Waals surface area contributed by atoms with Crippen LogP contribution in [0.5, 0.6) is 0 Å². The first kappa shape index (κ1) is 21.7. The van der Waals surface area contributed by atoms with E-state index in [1.807, 2.05) is 23.9 Å². The second kappa shape index (κ2) is 9.71. The number of fused-ring (bicyclic) bond motifs is 3. The van der Waals surface area contributed by atoms with Gasteiger partial charge in [0.25, 0.3) is 5.91 Å². The average molecular weight is 435 g/mol. The standard InChI is InChI=1S/C25H30N4OS/c1-18(2)29(16-19-10-5-4-6-11-19)15-9-14-26-25(30)23-21-17-31-22-13-8-7-12-20(22)24(21)28(3)27-23/h4-8,10-13,18H,9,14-17H2,1-3H3,(H,26,30). The number of hydrogen-bond donors (Lipinski definition) is 1. The molecule has 2 aromatic carbocycles. The van der Waals surface area contributed by atoms with Crippen LogP contribution in [0.3, 0.4) is 0 Å². The maximum atomic E-state index is 12.9. The van der Waals surface area contributed by atoms with Crippen LogP contribution in [-0.4, -0.2) is 39.7 Å². The largest absolute Gasteiger partial charge is 0.351 e. The minimum Gasteiger partial charge on any atom is -0.351 e. The molecule has 2 heterocycles. The maximum absolute atomic E-state index is 12.9. The molecule has 1 aliphatic rings. The van der Waals surface area contributed by atoms with Crippen LogP contribution in [0.4, 0.5) is 0 Å². The molecule has 0 radical (unpaired) electrons. The van der Waals surface area contributed by atoms with Crippen LogP contribution >= 0.6 is 11.8 Å². The minimum absolute atomic E-state index is 0.0732. The van der Waals surface area contributed by atoms with Crippen molar-refractivity contribution in [3.05, 3.63) is 71.4 Å². The summed E-state index contributed by atoms with van der Waals surface area (Å²) in [5.74, 6) is 0.706. The van der Waals surface area contributed by atoms with Crippen LogP contribution in [0, 0.1) is 0 Å². The molecule has 0 bridgehead atoms. The third-order valence-corrected chi connectivity index (χ3v) is 6.84. The van der Waals surface area contributed by atoms with Crippen LogP contribution in [-0.2, 0) is 19.3 Å². The lowest BCUT2D eigenvalue weighted by molar-refractivity contribution is 0.0944. The van der Waals surface area contributed by atoms with E-state index < -0.39 is 0 Å². The van der Waals surface area contributed by atoms with Crippen molar-refractivity contribution in [2.45, 2.75) is 43.5 Å². The van der Waals surface area contributed by atoms with Crippen molar-refractivity contribution >= 4 is 17.7 Å². The van der Waals surface area contributed by atoms with E-state index in [1.54, 1.807) is 11.8 Å². The maximum Gasteiger partial charge on any atom is 0.272 e. The Kier molecular flexibility index (Phi) is 6.78. The molecule has 1 aliphatic heterocycles. The molecule has 31 heavy (non-hydrogen) atoms. The van der Waals surface area contributed by atoms with Gasteiger partial charge in [-0.1, -0.05) is 48.5 Å². The fourth-order valence-electron chi connectivity index (χ4n) is 4.07. The molecule has 3 aromatic rings. The van der Waals surface area contributed by atoms with Gasteiger partial charge in [0.15, 0.2) is 5.69 Å². The van der Waals surface area contributed by atoms with Gasteiger partial charge in [-0.25, -0.2) is 0 Å². The fraction of sp³-hybridized carbons (Fsp3) is 0.360. The van der Waals surface area contributed by atoms with Gasteiger partial charge < -0.3 is 5.32 Å². The summed E-state index contributed by atoms with van der Waals surface area (Å²) < 4.78 is 1.85. The summed E-state index contributed by atoms with van der Waals surface area (Å²) in [6.45, 7) is 6.95. The summed E-state index contributed by atoms with van der Waals surface area (Å²) in [7, 11) is 1.92. The highest BCUT2D eigenvalue weighted by Crippen LogP contribution is 2.42. The van der Waals surface area contributed by atoms with Gasteiger partial charge in [0.2, 0.25) is 0 Å². The molecule has 0 saturated heterocycles. The predicted octanol–water partition coefficient (Wildman–Crippen LogP) is 4.72. The van der Waals surface area contributed by atoms with Gasteiger partial charge in [-0.05, 0) is 31.9 Å². The zero-order chi connectivity index (χ0) is 21.8. The highest BCUT2D eigenvalue weighted by Gasteiger charge is 2.27. The number of amides is 1. The summed E-state index contributed by atoms with van der Waals surface area (Å²) in [6, 6.07) is 19.3. The lowest BCUT2D eigenvalue weighted by Crippen LogP contribution is -2.34. The number of rotatable bonds is 8. The predicted molar refractivity (Wildman–Crippen MR) is 127 cm³/mol. The van der Waals surface area contributed by atoms with E-state index in [-0.39, 0.29) is 5.91 Å². The summed E-state index contributed by atoms with van der Waals surface area (Å²) in [6.07, 6.45) is 0.906. The first-order chi connectivity index (χ1) is 15.0. The van der Waals surface area contributed by atoms with E-state index in [2.05, 4.69) is 71.6 Å². The van der Waals surface area contributed by atoms with Crippen molar-refractivity contribution in [2.24, 2.45) is 7.05 Å². The van der Waals surface area contributed by atoms with Crippen molar-refractivity contribution in [3.63, 3.8) is 0 Å². The van der Waals surface area contributed by atoms with Crippen molar-refractivity contribution in [1.29, 1.82) is 0 Å². The number of nitrogens with one attached hydrogen (secondary N) is 1. The molecule has 0 unspecified atom stereocenters. The Labute approximate surface area is 188 Å². The lowest BCUT2D eigenvalue weighted by atomic mass is 10.1. The number of nitrogens with zero attached hydrogens (tertiary/aromatic N) is 3. The average Bonchev–Trinajstić information content (AvgIpc) is 3.13. The second-order valence-electron chi connectivity index (χ2n) is 8.24. The van der Waals surface area contributed by atoms with Crippen LogP contribution in [0.25, 0.3) is 11.3 Å². The topological polar surface area (TPSA) is 50.2 Å². The normalized spacial score (nSPS) is 12.7. The van der Waals surface area contributed by atoms with Gasteiger partial charge in [-0.2, -0.15) is 5.10 Å². The summed E-state index contributed by atoms with van der Waals surface area (Å²) in [5, 5.41) is 7.66. The highest BCUT2D eigenvalue weighted by molar-refractivity contribution is 7.98. The number of carbonyl (C=O) groups excluding carboxylic acids is 1. The second-order valence-corrected chi connectivity index (χ2v) is 9.26. The molecule has 1 amide bonds. The van der Waals surface area contributed by atoms with E-state index >= 15 is 0 Å². The molecular weight excluding hydrogens is 404 g/mol. The zero-order valence-electron chi connectivity index (χ0n) is 18.5. The van der Waals surface area contributed by atoms with E-state index in [0.29, 0.717) is 18.3 Å². The number of hydrogen-bond acceptors (Lipinski definition) is 4. The smallest absolute Gasteiger partial charge is 0.272 e. The van der Waals surface area contributed by atoms with Gasteiger partial charge in [0.1, 0.15) is 0 Å². The Morgan fingerprint density at radius 3 is 2.68 bits per heavy atom. The van der Waals surface area contributed by atoms with Crippen LogP contribution in [0.2, 0.25) is 0 Å². The minimum atomic E-state index is -0.0732. The number of thioether (sulfide) groups is 1. The first-order valence-electron chi connectivity index (χ1n) is 10.9. The Hall–Kier alpha value is -2.57. The highest BCUT2D eigenvalue weighted by atomic mass is 32.2. The number of aryl methyl sites for hydroxylation is 1. The van der Waals surface area contributed by atoms with E-state index in [1.165, 1.54) is 10.5 Å². The summed E-state index contributed by atoms with van der Waals surface area (Å²) in [4.78, 5) is 16.6. The van der Waals surface area contributed by atoms with Gasteiger partial charge in [-0.3, -0.25) is 14.4 Å². The molecule has 4 rings (SSSR count). The number of aromatic nitrogens is 2. The Morgan fingerprint density at radius 2 is 1.90 bits per heavy atom. The van der Waals surface area contributed by atoms with Gasteiger partial charge in [0, 0.05) is 54.5 Å². The van der Waals surface area contributed by atoms with Gasteiger partial charge >= 0.3 is 0 Å². The fourth-order valence-corrected chi connectivity index (χ4v) is 5.14. The number of benzene rings is 2. The van der Waals surface area contributed by atoms with Gasteiger partial charge in [-0.15, -0.1) is 11.8 Å². The molecule has 5 nitrogen and oxygen atoms in total. The van der Waals surface area contributed by atoms with Crippen molar-refractivity contribution in [3.8, 4) is 11.3 Å². The zero-order valence-corrected chi connectivity index (χ0v) is 19.3. The van der Waals surface area contributed by atoms with Crippen LogP contribution < -0.4 is 5.32 Å². The SMILES string of the molecule is CC(C)N(CCCNC(=O)c1nn(C)c2c1CSc1ccccc1-2)Cc1ccccc1. The molecule has 0 atom stereocenters. The molecule has 162 valence electrons. The van der Waals surface area contributed by atoms with E-state index in [4.69, 9.17) is 0 Å². The van der Waals surface area contributed by atoms with Crippen molar-refractivity contribution < 1.29 is 4.79 Å². The summed E-state index contributed by atoms with van der Waals surface area (Å²) >= 11 is 1.77. The monoisotopic (exact) mass is 434 g/mol. The third-order valence-electron chi connectivity index (χ3n) is 5.74. The molecule has 6 heteroatoms. The number of carbonyl (C=O) groups is 1. The molecule has 0 fully saturated rings. The lowest BCUT2D eigenvalue weighted by Gasteiger charge is -2.26. The van der Waals surface area contributed by atoms with E-state index in [9.17, 15) is 4.79 Å². The Bertz CT molecular complexity index is 1040. The van der Waals surface area contributed by atoms with Gasteiger partial charge in [0.05, 0.1) is 5.69 Å². The first-order valence-corrected chi connectivity index (χ1v) is 11.9. The van der Waals surface area contributed by atoms with Crippen LogP contribution in [0.1, 0.15) is 41.9 Å².